The van der Waals surface area contributed by atoms with Crippen LogP contribution in [0.15, 0.2) is 24.0 Å². The Hall–Kier alpha value is -1.58. The van der Waals surface area contributed by atoms with E-state index in [4.69, 9.17) is 9.47 Å². The van der Waals surface area contributed by atoms with Crippen molar-refractivity contribution in [2.75, 3.05) is 0 Å². The van der Waals surface area contributed by atoms with Crippen LogP contribution in [-0.2, 0) is 19.1 Å². The largest absolute Gasteiger partial charge is 0.460 e. The zero-order valence-electron chi connectivity index (χ0n) is 16.3. The van der Waals surface area contributed by atoms with Crippen LogP contribution >= 0.6 is 0 Å². The lowest BCUT2D eigenvalue weighted by atomic mass is 9.98. The van der Waals surface area contributed by atoms with Crippen LogP contribution in [0.5, 0.6) is 0 Å². The molecule has 0 fully saturated rings. The second-order valence-electron chi connectivity index (χ2n) is 7.77. The summed E-state index contributed by atoms with van der Waals surface area (Å²) in [4.78, 5) is 23.7. The highest BCUT2D eigenvalue weighted by Gasteiger charge is 2.22. The highest BCUT2D eigenvalue weighted by Crippen LogP contribution is 2.20. The number of hydrogen-bond acceptors (Lipinski definition) is 4. The molecule has 0 N–H and O–H groups in total. The molecule has 4 heteroatoms. The van der Waals surface area contributed by atoms with Crippen molar-refractivity contribution < 1.29 is 19.1 Å². The van der Waals surface area contributed by atoms with Gasteiger partial charge in [-0.25, -0.2) is 0 Å². The maximum absolute atomic E-state index is 12.4. The fraction of sp³-hybridized carbons (Fsp3) is 0.714. The predicted molar refractivity (Wildman–Crippen MR) is 99.9 cm³/mol. The molecule has 0 unspecified atom stereocenters. The van der Waals surface area contributed by atoms with Gasteiger partial charge < -0.3 is 9.47 Å². The first kappa shape index (κ1) is 21.5. The van der Waals surface area contributed by atoms with Gasteiger partial charge in [-0.05, 0) is 39.7 Å². The van der Waals surface area contributed by atoms with Gasteiger partial charge in [0.2, 0.25) is 0 Å². The van der Waals surface area contributed by atoms with Crippen LogP contribution in [0, 0.1) is 5.92 Å². The van der Waals surface area contributed by atoms with Crippen LogP contribution in [0.2, 0.25) is 0 Å². The van der Waals surface area contributed by atoms with E-state index in [1.807, 2.05) is 39.0 Å². The van der Waals surface area contributed by atoms with Crippen LogP contribution < -0.4 is 0 Å². The van der Waals surface area contributed by atoms with E-state index >= 15 is 0 Å². The Bertz CT molecular complexity index is 483. The highest BCUT2D eigenvalue weighted by molar-refractivity contribution is 5.75. The maximum Gasteiger partial charge on any atom is 0.313 e. The van der Waals surface area contributed by atoms with E-state index in [1.54, 1.807) is 0 Å². The fourth-order valence-corrected chi connectivity index (χ4v) is 2.87. The summed E-state index contributed by atoms with van der Waals surface area (Å²) in [6.07, 6.45) is 15.0. The summed E-state index contributed by atoms with van der Waals surface area (Å²) in [5, 5.41) is 0. The third-order valence-electron chi connectivity index (χ3n) is 4.05. The lowest BCUT2D eigenvalue weighted by molar-refractivity contribution is -0.158. The summed E-state index contributed by atoms with van der Waals surface area (Å²) < 4.78 is 10.8. The molecule has 1 aliphatic rings. The smallest absolute Gasteiger partial charge is 0.313 e. The number of esters is 2. The van der Waals surface area contributed by atoms with E-state index in [9.17, 15) is 9.59 Å². The van der Waals surface area contributed by atoms with E-state index in [1.165, 1.54) is 26.2 Å². The first-order valence-electron chi connectivity index (χ1n) is 9.56. The Labute approximate surface area is 152 Å². The van der Waals surface area contributed by atoms with Crippen LogP contribution in [0.25, 0.3) is 0 Å². The Morgan fingerprint density at radius 3 is 2.20 bits per heavy atom. The topological polar surface area (TPSA) is 52.6 Å². The second-order valence-corrected chi connectivity index (χ2v) is 7.77. The van der Waals surface area contributed by atoms with E-state index in [0.717, 1.165) is 38.5 Å². The van der Waals surface area contributed by atoms with E-state index < -0.39 is 5.60 Å². The first-order valence-corrected chi connectivity index (χ1v) is 9.56. The average Bonchev–Trinajstić information content (AvgIpc) is 2.48. The monoisotopic (exact) mass is 350 g/mol. The molecule has 0 heterocycles. The van der Waals surface area contributed by atoms with Crippen molar-refractivity contribution in [1.29, 1.82) is 0 Å². The zero-order valence-corrected chi connectivity index (χ0v) is 16.3. The molecule has 1 aliphatic carbocycles. The normalized spacial score (nSPS) is 24.3. The van der Waals surface area contributed by atoms with Crippen LogP contribution in [-0.4, -0.2) is 17.5 Å². The summed E-state index contributed by atoms with van der Waals surface area (Å²) in [6, 6.07) is 0. The van der Waals surface area contributed by atoms with E-state index in [-0.39, 0.29) is 17.9 Å². The average molecular weight is 350 g/mol. The maximum atomic E-state index is 12.4. The lowest BCUT2D eigenvalue weighted by Gasteiger charge is -2.22. The molecule has 0 aromatic rings. The number of ether oxygens (including phenoxy) is 2. The van der Waals surface area contributed by atoms with Crippen LogP contribution in [0.3, 0.4) is 0 Å². The van der Waals surface area contributed by atoms with Crippen molar-refractivity contribution in [3.05, 3.63) is 24.0 Å². The molecule has 1 rings (SSSR count). The SMILES string of the molecule is CC(=O)O/C1=C/C=C\[C@H](C(=O)OC(C)(C)C)CCCCCCCCC1. The van der Waals surface area contributed by atoms with Gasteiger partial charge in [0.05, 0.1) is 5.92 Å². The zero-order chi connectivity index (χ0) is 18.7. The van der Waals surface area contributed by atoms with Crippen molar-refractivity contribution in [1.82, 2.24) is 0 Å². The van der Waals surface area contributed by atoms with Gasteiger partial charge >= 0.3 is 11.9 Å². The lowest BCUT2D eigenvalue weighted by Crippen LogP contribution is -2.28. The molecule has 0 amide bonds. The summed E-state index contributed by atoms with van der Waals surface area (Å²) in [5.74, 6) is -0.0662. The predicted octanol–water partition coefficient (Wildman–Crippen LogP) is 5.47. The molecular weight excluding hydrogens is 316 g/mol. The molecule has 25 heavy (non-hydrogen) atoms. The van der Waals surface area contributed by atoms with Crippen molar-refractivity contribution in [3.8, 4) is 0 Å². The minimum Gasteiger partial charge on any atom is -0.460 e. The Morgan fingerprint density at radius 2 is 1.60 bits per heavy atom. The quantitative estimate of drug-likeness (QED) is 0.619. The van der Waals surface area contributed by atoms with Crippen molar-refractivity contribution in [2.24, 2.45) is 5.92 Å². The number of rotatable bonds is 2. The standard InChI is InChI=1S/C21H34O4/c1-17(22)24-19-15-11-9-7-5-6-8-10-13-18(14-12-16-19)20(23)25-21(2,3)4/h12,14,16,18H,5-11,13,15H2,1-4H3/b14-12-,19-16+/t18-/m1/s1. The third kappa shape index (κ3) is 10.8. The summed E-state index contributed by atoms with van der Waals surface area (Å²) >= 11 is 0. The Morgan fingerprint density at radius 1 is 1.00 bits per heavy atom. The fourth-order valence-electron chi connectivity index (χ4n) is 2.87. The summed E-state index contributed by atoms with van der Waals surface area (Å²) in [5.41, 5.74) is -0.483. The van der Waals surface area contributed by atoms with Crippen molar-refractivity contribution in [3.63, 3.8) is 0 Å². The summed E-state index contributed by atoms with van der Waals surface area (Å²) in [7, 11) is 0. The van der Waals surface area contributed by atoms with E-state index in [0.29, 0.717) is 5.76 Å². The third-order valence-corrected chi connectivity index (χ3v) is 4.05. The van der Waals surface area contributed by atoms with E-state index in [2.05, 4.69) is 0 Å². The van der Waals surface area contributed by atoms with Gasteiger partial charge in [0, 0.05) is 13.3 Å². The van der Waals surface area contributed by atoms with Gasteiger partial charge in [0.15, 0.2) is 0 Å². The number of hydrogen-bond donors (Lipinski definition) is 0. The highest BCUT2D eigenvalue weighted by atomic mass is 16.6. The number of carbonyl (C=O) groups excluding carboxylic acids is 2. The van der Waals surface area contributed by atoms with Gasteiger partial charge in [0.25, 0.3) is 0 Å². The van der Waals surface area contributed by atoms with Crippen LogP contribution in [0.4, 0.5) is 0 Å². The molecule has 4 nitrogen and oxygen atoms in total. The molecule has 142 valence electrons. The van der Waals surface area contributed by atoms with Gasteiger partial charge in [-0.3, -0.25) is 9.59 Å². The first-order chi connectivity index (χ1) is 11.8. The Kier molecular flexibility index (Phi) is 9.54. The second kappa shape index (κ2) is 11.1. The molecule has 0 aliphatic heterocycles. The molecule has 0 aromatic carbocycles. The molecule has 1 atom stereocenters. The van der Waals surface area contributed by atoms with Gasteiger partial charge in [-0.2, -0.15) is 0 Å². The number of allylic oxidation sites excluding steroid dienone is 3. The van der Waals surface area contributed by atoms with Crippen molar-refractivity contribution in [2.45, 2.75) is 91.1 Å². The Balaban J connectivity index is 2.85. The minimum atomic E-state index is -0.483. The van der Waals surface area contributed by atoms with Gasteiger partial charge in [-0.15, -0.1) is 0 Å². The summed E-state index contributed by atoms with van der Waals surface area (Å²) in [6.45, 7) is 7.07. The van der Waals surface area contributed by atoms with Crippen molar-refractivity contribution >= 4 is 11.9 Å². The molecule has 0 saturated carbocycles. The van der Waals surface area contributed by atoms with Crippen LogP contribution in [0.1, 0.15) is 85.5 Å². The minimum absolute atomic E-state index is 0.182. The molecule has 0 radical (unpaired) electrons. The molecule has 0 saturated heterocycles. The number of carbonyl (C=O) groups is 2. The molecule has 0 spiro atoms. The van der Waals surface area contributed by atoms with Gasteiger partial charge in [0.1, 0.15) is 11.4 Å². The molecule has 0 aromatic heterocycles. The van der Waals surface area contributed by atoms with Gasteiger partial charge in [-0.1, -0.05) is 50.7 Å². The molecule has 0 bridgehead atoms. The molecular formula is C21H34O4.